The standard InChI is InChI=1S/C9H8N4O2/c10-8-6(5-1-3-11-4-2-5)7(9(14)15)12-13-8/h1-4H,(H,14,15)(H3,10,12,13). The van der Waals surface area contributed by atoms with E-state index in [-0.39, 0.29) is 11.5 Å². The van der Waals surface area contributed by atoms with Gasteiger partial charge in [0.05, 0.1) is 5.56 Å². The van der Waals surface area contributed by atoms with Crippen molar-refractivity contribution in [3.05, 3.63) is 30.2 Å². The third-order valence-corrected chi connectivity index (χ3v) is 1.98. The maximum absolute atomic E-state index is 10.9. The van der Waals surface area contributed by atoms with Crippen molar-refractivity contribution in [2.45, 2.75) is 0 Å². The number of aromatic amines is 1. The molecule has 15 heavy (non-hydrogen) atoms. The molecular formula is C9H8N4O2. The van der Waals surface area contributed by atoms with Gasteiger partial charge in [-0.1, -0.05) is 0 Å². The fourth-order valence-corrected chi connectivity index (χ4v) is 1.32. The Hall–Kier alpha value is -2.37. The van der Waals surface area contributed by atoms with E-state index in [2.05, 4.69) is 15.2 Å². The van der Waals surface area contributed by atoms with Crippen molar-refractivity contribution in [2.75, 3.05) is 5.73 Å². The number of H-pyrrole nitrogens is 1. The van der Waals surface area contributed by atoms with Crippen molar-refractivity contribution in [3.63, 3.8) is 0 Å². The van der Waals surface area contributed by atoms with Crippen molar-refractivity contribution < 1.29 is 9.90 Å². The topological polar surface area (TPSA) is 105 Å². The maximum Gasteiger partial charge on any atom is 0.354 e. The number of pyridine rings is 1. The van der Waals surface area contributed by atoms with Crippen LogP contribution in [0.15, 0.2) is 24.5 Å². The van der Waals surface area contributed by atoms with Gasteiger partial charge in [-0.3, -0.25) is 10.1 Å². The highest BCUT2D eigenvalue weighted by molar-refractivity contribution is 5.97. The van der Waals surface area contributed by atoms with E-state index in [0.717, 1.165) is 0 Å². The second-order valence-corrected chi connectivity index (χ2v) is 2.90. The molecule has 0 amide bonds. The van der Waals surface area contributed by atoms with Crippen LogP contribution in [0.3, 0.4) is 0 Å². The van der Waals surface area contributed by atoms with Crippen LogP contribution in [0.2, 0.25) is 0 Å². The molecule has 0 spiro atoms. The Balaban J connectivity index is 2.62. The predicted octanol–water partition coefficient (Wildman–Crippen LogP) is 0.752. The first-order chi connectivity index (χ1) is 7.20. The molecule has 4 N–H and O–H groups in total. The van der Waals surface area contributed by atoms with E-state index in [0.29, 0.717) is 11.1 Å². The van der Waals surface area contributed by atoms with E-state index in [1.54, 1.807) is 24.5 Å². The summed E-state index contributed by atoms with van der Waals surface area (Å²) < 4.78 is 0. The van der Waals surface area contributed by atoms with E-state index in [1.165, 1.54) is 0 Å². The summed E-state index contributed by atoms with van der Waals surface area (Å²) in [5.41, 5.74) is 6.64. The molecule has 0 bridgehead atoms. The maximum atomic E-state index is 10.9. The molecular weight excluding hydrogens is 196 g/mol. The predicted molar refractivity (Wildman–Crippen MR) is 53.2 cm³/mol. The lowest BCUT2D eigenvalue weighted by Crippen LogP contribution is -1.99. The Kier molecular flexibility index (Phi) is 2.09. The summed E-state index contributed by atoms with van der Waals surface area (Å²) in [7, 11) is 0. The highest BCUT2D eigenvalue weighted by atomic mass is 16.4. The highest BCUT2D eigenvalue weighted by Crippen LogP contribution is 2.26. The van der Waals surface area contributed by atoms with Crippen molar-refractivity contribution >= 4 is 11.8 Å². The molecule has 0 aliphatic heterocycles. The van der Waals surface area contributed by atoms with Gasteiger partial charge in [0.2, 0.25) is 0 Å². The minimum absolute atomic E-state index is 0.0151. The molecule has 0 radical (unpaired) electrons. The van der Waals surface area contributed by atoms with Crippen LogP contribution in [0, 0.1) is 0 Å². The first-order valence-electron chi connectivity index (χ1n) is 4.17. The van der Waals surface area contributed by atoms with Crippen molar-refractivity contribution in [2.24, 2.45) is 0 Å². The lowest BCUT2D eigenvalue weighted by Gasteiger charge is -1.99. The van der Waals surface area contributed by atoms with Gasteiger partial charge in [-0.2, -0.15) is 5.10 Å². The second kappa shape index (κ2) is 3.41. The largest absolute Gasteiger partial charge is 0.477 e. The van der Waals surface area contributed by atoms with Gasteiger partial charge in [-0.15, -0.1) is 0 Å². The number of nitrogens with two attached hydrogens (primary N) is 1. The zero-order valence-corrected chi connectivity index (χ0v) is 7.64. The average Bonchev–Trinajstić information content (AvgIpc) is 2.61. The van der Waals surface area contributed by atoms with E-state index in [9.17, 15) is 4.79 Å². The summed E-state index contributed by atoms with van der Waals surface area (Å²) in [6.45, 7) is 0. The van der Waals surface area contributed by atoms with Crippen LogP contribution in [0.25, 0.3) is 11.1 Å². The third-order valence-electron chi connectivity index (χ3n) is 1.98. The zero-order valence-electron chi connectivity index (χ0n) is 7.64. The molecule has 2 aromatic heterocycles. The Bertz CT molecular complexity index is 492. The van der Waals surface area contributed by atoms with E-state index in [4.69, 9.17) is 10.8 Å². The first-order valence-corrected chi connectivity index (χ1v) is 4.17. The van der Waals surface area contributed by atoms with Gasteiger partial charge < -0.3 is 10.8 Å². The SMILES string of the molecule is Nc1n[nH]c(C(=O)O)c1-c1ccncc1. The summed E-state index contributed by atoms with van der Waals surface area (Å²) in [5.74, 6) is -0.926. The fraction of sp³-hybridized carbons (Fsp3) is 0. The second-order valence-electron chi connectivity index (χ2n) is 2.90. The average molecular weight is 204 g/mol. The lowest BCUT2D eigenvalue weighted by atomic mass is 10.1. The molecule has 0 aliphatic rings. The van der Waals surface area contributed by atoms with E-state index in [1.807, 2.05) is 0 Å². The van der Waals surface area contributed by atoms with Crippen molar-refractivity contribution in [3.8, 4) is 11.1 Å². The smallest absolute Gasteiger partial charge is 0.354 e. The number of nitrogen functional groups attached to an aromatic ring is 1. The first kappa shape index (κ1) is 9.20. The van der Waals surface area contributed by atoms with Gasteiger partial charge in [0.25, 0.3) is 0 Å². The Morgan fingerprint density at radius 2 is 2.07 bits per heavy atom. The van der Waals surface area contributed by atoms with Crippen molar-refractivity contribution in [1.82, 2.24) is 15.2 Å². The molecule has 6 nitrogen and oxygen atoms in total. The summed E-state index contributed by atoms with van der Waals surface area (Å²) in [6.07, 6.45) is 3.13. The number of carbonyl (C=O) groups is 1. The van der Waals surface area contributed by atoms with Gasteiger partial charge in [0.1, 0.15) is 0 Å². The van der Waals surface area contributed by atoms with Gasteiger partial charge in [0.15, 0.2) is 11.5 Å². The van der Waals surface area contributed by atoms with Crippen LogP contribution in [-0.4, -0.2) is 26.3 Å². The summed E-state index contributed by atoms with van der Waals surface area (Å²) in [4.78, 5) is 14.7. The fourth-order valence-electron chi connectivity index (χ4n) is 1.32. The molecule has 6 heteroatoms. The summed E-state index contributed by atoms with van der Waals surface area (Å²) in [5, 5.41) is 14.9. The van der Waals surface area contributed by atoms with E-state index >= 15 is 0 Å². The molecule has 76 valence electrons. The molecule has 2 rings (SSSR count). The Morgan fingerprint density at radius 1 is 1.40 bits per heavy atom. The quantitative estimate of drug-likeness (QED) is 0.669. The summed E-state index contributed by atoms with van der Waals surface area (Å²) >= 11 is 0. The van der Waals surface area contributed by atoms with E-state index < -0.39 is 5.97 Å². The van der Waals surface area contributed by atoms with Crippen molar-refractivity contribution in [1.29, 1.82) is 0 Å². The normalized spacial score (nSPS) is 10.1. The molecule has 0 aliphatic carbocycles. The van der Waals surface area contributed by atoms with Crippen LogP contribution in [0.4, 0.5) is 5.82 Å². The molecule has 0 fully saturated rings. The van der Waals surface area contributed by atoms with Crippen LogP contribution in [0.1, 0.15) is 10.5 Å². The number of nitrogens with zero attached hydrogens (tertiary/aromatic N) is 2. The Morgan fingerprint density at radius 3 is 2.67 bits per heavy atom. The van der Waals surface area contributed by atoms with Gasteiger partial charge in [0, 0.05) is 12.4 Å². The summed E-state index contributed by atoms with van der Waals surface area (Å²) in [6, 6.07) is 3.35. The number of rotatable bonds is 2. The minimum Gasteiger partial charge on any atom is -0.477 e. The third kappa shape index (κ3) is 1.52. The number of aromatic carboxylic acids is 1. The molecule has 0 atom stereocenters. The van der Waals surface area contributed by atoms with Gasteiger partial charge >= 0.3 is 5.97 Å². The van der Waals surface area contributed by atoms with Crippen LogP contribution >= 0.6 is 0 Å². The zero-order chi connectivity index (χ0) is 10.8. The lowest BCUT2D eigenvalue weighted by molar-refractivity contribution is 0.0691. The number of aromatic nitrogens is 3. The number of hydrogen-bond donors (Lipinski definition) is 3. The van der Waals surface area contributed by atoms with Gasteiger partial charge in [-0.05, 0) is 17.7 Å². The van der Waals surface area contributed by atoms with Gasteiger partial charge in [-0.25, -0.2) is 4.79 Å². The highest BCUT2D eigenvalue weighted by Gasteiger charge is 2.17. The number of hydrogen-bond acceptors (Lipinski definition) is 4. The number of anilines is 1. The molecule has 0 saturated carbocycles. The molecule has 0 saturated heterocycles. The van der Waals surface area contributed by atoms with Crippen LogP contribution in [-0.2, 0) is 0 Å². The molecule has 0 aromatic carbocycles. The monoisotopic (exact) mass is 204 g/mol. The number of carboxylic acids is 1. The minimum atomic E-state index is -1.09. The number of carboxylic acid groups (broad SMARTS) is 1. The molecule has 2 aromatic rings. The number of nitrogens with one attached hydrogen (secondary N) is 1. The molecule has 0 unspecified atom stereocenters. The van der Waals surface area contributed by atoms with Crippen LogP contribution < -0.4 is 5.73 Å². The Labute approximate surface area is 84.8 Å². The van der Waals surface area contributed by atoms with Crippen LogP contribution in [0.5, 0.6) is 0 Å². The molecule has 2 heterocycles.